The highest BCUT2D eigenvalue weighted by Gasteiger charge is 2.33. The summed E-state index contributed by atoms with van der Waals surface area (Å²) in [6.07, 6.45) is 0. The molecule has 1 fully saturated rings. The van der Waals surface area contributed by atoms with E-state index in [1.165, 1.54) is 0 Å². The molecule has 1 aliphatic heterocycles. The second-order valence-electron chi connectivity index (χ2n) is 6.16. The summed E-state index contributed by atoms with van der Waals surface area (Å²) in [4.78, 5) is 15.5. The third-order valence-corrected chi connectivity index (χ3v) is 3.36. The maximum atomic E-state index is 11.0. The van der Waals surface area contributed by atoms with E-state index in [0.29, 0.717) is 6.54 Å². The molecule has 1 saturated heterocycles. The van der Waals surface area contributed by atoms with Gasteiger partial charge in [-0.1, -0.05) is 0 Å². The van der Waals surface area contributed by atoms with Crippen molar-refractivity contribution in [1.29, 1.82) is 0 Å². The van der Waals surface area contributed by atoms with Gasteiger partial charge in [-0.15, -0.1) is 0 Å². The molecule has 0 aromatic rings. The van der Waals surface area contributed by atoms with Gasteiger partial charge in [0.2, 0.25) is 0 Å². The molecule has 0 saturated carbocycles. The zero-order valence-corrected chi connectivity index (χ0v) is 11.4. The SMILES string of the molecule is CC(N)(CN1CCN(C(C)(C)C)CC1)C(=O)O. The molecule has 0 aliphatic carbocycles. The van der Waals surface area contributed by atoms with Crippen LogP contribution in [0.25, 0.3) is 0 Å². The van der Waals surface area contributed by atoms with Gasteiger partial charge in [0.15, 0.2) is 0 Å². The molecule has 0 radical (unpaired) electrons. The highest BCUT2D eigenvalue weighted by atomic mass is 16.4. The molecule has 1 unspecified atom stereocenters. The van der Waals surface area contributed by atoms with Crippen LogP contribution in [-0.2, 0) is 4.79 Å². The lowest BCUT2D eigenvalue weighted by Crippen LogP contribution is -2.59. The van der Waals surface area contributed by atoms with E-state index in [4.69, 9.17) is 10.8 Å². The van der Waals surface area contributed by atoms with Gasteiger partial charge in [0.25, 0.3) is 0 Å². The van der Waals surface area contributed by atoms with Crippen LogP contribution in [0.1, 0.15) is 27.7 Å². The monoisotopic (exact) mass is 243 g/mol. The minimum Gasteiger partial charge on any atom is -0.480 e. The van der Waals surface area contributed by atoms with Crippen molar-refractivity contribution in [3.63, 3.8) is 0 Å². The molecule has 5 nitrogen and oxygen atoms in total. The van der Waals surface area contributed by atoms with E-state index in [1.807, 2.05) is 0 Å². The van der Waals surface area contributed by atoms with E-state index in [0.717, 1.165) is 26.2 Å². The molecule has 0 spiro atoms. The second kappa shape index (κ2) is 4.92. The van der Waals surface area contributed by atoms with E-state index in [9.17, 15) is 4.79 Å². The molecule has 1 heterocycles. The Morgan fingerprint density at radius 2 is 1.65 bits per heavy atom. The minimum absolute atomic E-state index is 0.185. The molecule has 0 amide bonds. The predicted octanol–water partition coefficient (Wildman–Crippen LogP) is 0.205. The van der Waals surface area contributed by atoms with Crippen LogP contribution in [0.15, 0.2) is 0 Å². The van der Waals surface area contributed by atoms with Crippen molar-refractivity contribution >= 4 is 5.97 Å². The van der Waals surface area contributed by atoms with Crippen LogP contribution in [-0.4, -0.2) is 64.7 Å². The fourth-order valence-electron chi connectivity index (χ4n) is 2.11. The highest BCUT2D eigenvalue weighted by molar-refractivity contribution is 5.78. The number of hydrogen-bond acceptors (Lipinski definition) is 4. The normalized spacial score (nSPS) is 23.4. The van der Waals surface area contributed by atoms with E-state index in [2.05, 4.69) is 30.6 Å². The number of rotatable bonds is 3. The molecule has 5 heteroatoms. The van der Waals surface area contributed by atoms with Crippen LogP contribution >= 0.6 is 0 Å². The summed E-state index contributed by atoms with van der Waals surface area (Å²) >= 11 is 0. The van der Waals surface area contributed by atoms with Gasteiger partial charge in [0.05, 0.1) is 0 Å². The van der Waals surface area contributed by atoms with Gasteiger partial charge in [-0.25, -0.2) is 0 Å². The molecular formula is C12H25N3O2. The number of hydrogen-bond donors (Lipinski definition) is 2. The first-order valence-corrected chi connectivity index (χ1v) is 6.12. The number of aliphatic carboxylic acids is 1. The standard InChI is InChI=1S/C12H25N3O2/c1-11(2,3)15-7-5-14(6-8-15)9-12(4,13)10(16)17/h5-9,13H2,1-4H3,(H,16,17). The lowest BCUT2D eigenvalue weighted by atomic mass is 10.0. The topological polar surface area (TPSA) is 69.8 Å². The van der Waals surface area contributed by atoms with Gasteiger partial charge < -0.3 is 10.8 Å². The minimum atomic E-state index is -1.15. The number of piperazine rings is 1. The fraction of sp³-hybridized carbons (Fsp3) is 0.917. The van der Waals surface area contributed by atoms with Crippen molar-refractivity contribution < 1.29 is 9.90 Å². The van der Waals surface area contributed by atoms with Crippen LogP contribution < -0.4 is 5.73 Å². The first kappa shape index (κ1) is 14.4. The van der Waals surface area contributed by atoms with E-state index in [1.54, 1.807) is 6.92 Å². The van der Waals surface area contributed by atoms with Crippen molar-refractivity contribution in [2.24, 2.45) is 5.73 Å². The smallest absolute Gasteiger partial charge is 0.324 e. The Bertz CT molecular complexity index is 276. The summed E-state index contributed by atoms with van der Waals surface area (Å²) in [7, 11) is 0. The molecule has 3 N–H and O–H groups in total. The number of nitrogens with zero attached hydrogens (tertiary/aromatic N) is 2. The highest BCUT2D eigenvalue weighted by Crippen LogP contribution is 2.16. The number of carboxylic acids is 1. The average Bonchev–Trinajstić information content (AvgIpc) is 2.16. The van der Waals surface area contributed by atoms with E-state index in [-0.39, 0.29) is 5.54 Å². The Hall–Kier alpha value is -0.650. The van der Waals surface area contributed by atoms with Crippen LogP contribution in [0.4, 0.5) is 0 Å². The average molecular weight is 243 g/mol. The zero-order valence-electron chi connectivity index (χ0n) is 11.4. The summed E-state index contributed by atoms with van der Waals surface area (Å²) in [5.74, 6) is -0.934. The molecule has 0 bridgehead atoms. The third-order valence-electron chi connectivity index (χ3n) is 3.36. The van der Waals surface area contributed by atoms with Crippen LogP contribution in [0.5, 0.6) is 0 Å². The fourth-order valence-corrected chi connectivity index (χ4v) is 2.11. The Balaban J connectivity index is 2.46. The summed E-state index contributed by atoms with van der Waals surface area (Å²) < 4.78 is 0. The maximum Gasteiger partial charge on any atom is 0.324 e. The molecule has 100 valence electrons. The first-order valence-electron chi connectivity index (χ1n) is 6.12. The molecule has 17 heavy (non-hydrogen) atoms. The molecule has 1 rings (SSSR count). The maximum absolute atomic E-state index is 11.0. The van der Waals surface area contributed by atoms with Crippen LogP contribution in [0.3, 0.4) is 0 Å². The van der Waals surface area contributed by atoms with Crippen molar-refractivity contribution in [2.75, 3.05) is 32.7 Å². The third kappa shape index (κ3) is 3.94. The Morgan fingerprint density at radius 1 is 1.18 bits per heavy atom. The summed E-state index contributed by atoms with van der Waals surface area (Å²) in [6.45, 7) is 12.3. The van der Waals surface area contributed by atoms with Gasteiger partial charge in [-0.3, -0.25) is 14.6 Å². The second-order valence-corrected chi connectivity index (χ2v) is 6.16. The summed E-state index contributed by atoms with van der Waals surface area (Å²) in [5.41, 5.74) is 4.79. The van der Waals surface area contributed by atoms with Gasteiger partial charge in [-0.05, 0) is 27.7 Å². The van der Waals surface area contributed by atoms with Crippen LogP contribution in [0.2, 0.25) is 0 Å². The largest absolute Gasteiger partial charge is 0.480 e. The van der Waals surface area contributed by atoms with Crippen LogP contribution in [0, 0.1) is 0 Å². The number of carbonyl (C=O) groups is 1. The quantitative estimate of drug-likeness (QED) is 0.741. The predicted molar refractivity (Wildman–Crippen MR) is 68.0 cm³/mol. The summed E-state index contributed by atoms with van der Waals surface area (Å²) in [5, 5.41) is 8.99. The van der Waals surface area contributed by atoms with Gasteiger partial charge in [0.1, 0.15) is 5.54 Å². The molecule has 1 aliphatic rings. The first-order chi connectivity index (χ1) is 7.63. The molecule has 0 aromatic carbocycles. The Morgan fingerprint density at radius 3 is 2.00 bits per heavy atom. The van der Waals surface area contributed by atoms with Crippen molar-refractivity contribution in [1.82, 2.24) is 9.80 Å². The van der Waals surface area contributed by atoms with Gasteiger partial charge >= 0.3 is 5.97 Å². The molecule has 0 aromatic heterocycles. The van der Waals surface area contributed by atoms with Gasteiger partial charge in [0, 0.05) is 38.3 Å². The lowest BCUT2D eigenvalue weighted by molar-refractivity contribution is -0.143. The number of carboxylic acid groups (broad SMARTS) is 1. The Labute approximate surface area is 104 Å². The van der Waals surface area contributed by atoms with Crippen molar-refractivity contribution in [2.45, 2.75) is 38.8 Å². The molecule has 1 atom stereocenters. The van der Waals surface area contributed by atoms with Crippen molar-refractivity contribution in [3.05, 3.63) is 0 Å². The zero-order chi connectivity index (χ0) is 13.3. The number of nitrogens with two attached hydrogens (primary N) is 1. The van der Waals surface area contributed by atoms with Crippen molar-refractivity contribution in [3.8, 4) is 0 Å². The lowest BCUT2D eigenvalue weighted by Gasteiger charge is -2.43. The summed E-state index contributed by atoms with van der Waals surface area (Å²) in [6, 6.07) is 0. The van der Waals surface area contributed by atoms with Gasteiger partial charge in [-0.2, -0.15) is 0 Å². The molecular weight excluding hydrogens is 218 g/mol. The van der Waals surface area contributed by atoms with E-state index >= 15 is 0 Å². The van der Waals surface area contributed by atoms with E-state index < -0.39 is 11.5 Å². The Kier molecular flexibility index (Phi) is 4.17.